The fourth-order valence-electron chi connectivity index (χ4n) is 1.08. The molecule has 0 saturated carbocycles. The Morgan fingerprint density at radius 1 is 1.71 bits per heavy atom. The Bertz CT molecular complexity index is 420. The van der Waals surface area contributed by atoms with Crippen molar-refractivity contribution in [3.63, 3.8) is 0 Å². The Labute approximate surface area is 104 Å². The second-order valence-corrected chi connectivity index (χ2v) is 4.16. The molecule has 1 heterocycles. The monoisotopic (exact) mass is 254 g/mol. The summed E-state index contributed by atoms with van der Waals surface area (Å²) in [6, 6.07) is 0. The molecule has 2 N–H and O–H groups in total. The Hall–Kier alpha value is -1.42. The maximum atomic E-state index is 11.4. The molecule has 0 atom stereocenters. The average molecular weight is 254 g/mol. The zero-order valence-corrected chi connectivity index (χ0v) is 10.3. The predicted molar refractivity (Wildman–Crippen MR) is 65.8 cm³/mol. The van der Waals surface area contributed by atoms with Gasteiger partial charge in [-0.3, -0.25) is 4.79 Å². The van der Waals surface area contributed by atoms with Crippen molar-refractivity contribution in [3.05, 3.63) is 11.1 Å². The van der Waals surface area contributed by atoms with Gasteiger partial charge in [0.2, 0.25) is 5.91 Å². The largest absolute Gasteiger partial charge is 0.385 e. The van der Waals surface area contributed by atoms with Crippen LogP contribution < -0.4 is 5.32 Å². The lowest BCUT2D eigenvalue weighted by atomic mass is 10.3. The van der Waals surface area contributed by atoms with Crippen molar-refractivity contribution in [1.82, 2.24) is 4.98 Å². The maximum Gasteiger partial charge on any atom is 0.226 e. The molecule has 0 radical (unpaired) electrons. The molecule has 0 unspecified atom stereocenters. The first-order valence-electron chi connectivity index (χ1n) is 5.10. The highest BCUT2D eigenvalue weighted by Crippen LogP contribution is 2.17. The molecule has 1 aromatic heterocycles. The van der Waals surface area contributed by atoms with E-state index in [1.165, 1.54) is 11.3 Å². The minimum absolute atomic E-state index is 0.0851. The van der Waals surface area contributed by atoms with Gasteiger partial charge in [0, 0.05) is 20.1 Å². The van der Waals surface area contributed by atoms with Crippen LogP contribution in [0.4, 0.5) is 5.13 Å². The highest BCUT2D eigenvalue weighted by atomic mass is 32.1. The second kappa shape index (κ2) is 7.79. The van der Waals surface area contributed by atoms with Crippen LogP contribution >= 0.6 is 11.3 Å². The summed E-state index contributed by atoms with van der Waals surface area (Å²) in [6.07, 6.45) is 2.66. The third-order valence-corrected chi connectivity index (χ3v) is 2.62. The summed E-state index contributed by atoms with van der Waals surface area (Å²) in [6.45, 7) is 0.384. The van der Waals surface area contributed by atoms with Gasteiger partial charge in [0.15, 0.2) is 5.13 Å². The zero-order chi connectivity index (χ0) is 12.5. The number of hydrogen-bond donors (Lipinski definition) is 2. The van der Waals surface area contributed by atoms with Crippen molar-refractivity contribution >= 4 is 22.4 Å². The van der Waals surface area contributed by atoms with Gasteiger partial charge in [-0.1, -0.05) is 23.2 Å². The molecule has 0 aliphatic rings. The lowest BCUT2D eigenvalue weighted by molar-refractivity contribution is -0.116. The molecular formula is C11H14N2O3S. The van der Waals surface area contributed by atoms with E-state index in [2.05, 4.69) is 22.1 Å². The summed E-state index contributed by atoms with van der Waals surface area (Å²) in [5.41, 5.74) is 0. The van der Waals surface area contributed by atoms with Crippen molar-refractivity contribution in [2.24, 2.45) is 0 Å². The van der Waals surface area contributed by atoms with Gasteiger partial charge >= 0.3 is 0 Å². The van der Waals surface area contributed by atoms with Crippen molar-refractivity contribution in [3.8, 4) is 11.8 Å². The number of nitrogens with zero attached hydrogens (tertiary/aromatic N) is 1. The van der Waals surface area contributed by atoms with E-state index in [1.54, 1.807) is 13.3 Å². The average Bonchev–Trinajstić information content (AvgIpc) is 2.74. The molecule has 1 aromatic rings. The van der Waals surface area contributed by atoms with E-state index < -0.39 is 0 Å². The second-order valence-electron chi connectivity index (χ2n) is 3.13. The standard InChI is InChI=1S/C11H14N2O3S/c1-16-7-3-5-10(15)13-11-12-8-9(17-11)4-2-6-14/h8,14H,3,5-7H2,1H3,(H,12,13,15). The van der Waals surface area contributed by atoms with E-state index in [4.69, 9.17) is 9.84 Å². The van der Waals surface area contributed by atoms with Gasteiger partial charge in [0.1, 0.15) is 6.61 Å². The van der Waals surface area contributed by atoms with Gasteiger partial charge in [0.25, 0.3) is 0 Å². The molecule has 0 saturated heterocycles. The smallest absolute Gasteiger partial charge is 0.226 e. The molecule has 0 spiro atoms. The van der Waals surface area contributed by atoms with Gasteiger partial charge in [-0.05, 0) is 6.42 Å². The fourth-order valence-corrected chi connectivity index (χ4v) is 1.78. The van der Waals surface area contributed by atoms with E-state index in [9.17, 15) is 4.79 Å². The van der Waals surface area contributed by atoms with Crippen molar-refractivity contribution in [1.29, 1.82) is 0 Å². The van der Waals surface area contributed by atoms with Crippen molar-refractivity contribution in [2.45, 2.75) is 12.8 Å². The number of hydrogen-bond acceptors (Lipinski definition) is 5. The molecule has 5 nitrogen and oxygen atoms in total. The maximum absolute atomic E-state index is 11.4. The van der Waals surface area contributed by atoms with Crippen LogP contribution in [0.25, 0.3) is 0 Å². The van der Waals surface area contributed by atoms with Crippen LogP contribution in [0.2, 0.25) is 0 Å². The minimum Gasteiger partial charge on any atom is -0.385 e. The number of nitrogens with one attached hydrogen (secondary N) is 1. The Morgan fingerprint density at radius 3 is 3.24 bits per heavy atom. The number of aliphatic hydroxyl groups excluding tert-OH is 1. The lowest BCUT2D eigenvalue weighted by Gasteiger charge is -2.00. The summed E-state index contributed by atoms with van der Waals surface area (Å²) in [4.78, 5) is 16.2. The minimum atomic E-state index is -0.184. The Morgan fingerprint density at radius 2 is 2.53 bits per heavy atom. The summed E-state index contributed by atoms with van der Waals surface area (Å²) >= 11 is 1.28. The van der Waals surface area contributed by atoms with Crippen LogP contribution in [0.5, 0.6) is 0 Å². The Kier molecular flexibility index (Phi) is 6.25. The molecule has 1 rings (SSSR count). The molecule has 0 fully saturated rings. The van der Waals surface area contributed by atoms with Crippen molar-refractivity contribution in [2.75, 3.05) is 25.6 Å². The van der Waals surface area contributed by atoms with E-state index in [0.717, 1.165) is 0 Å². The quantitative estimate of drug-likeness (QED) is 0.603. The third kappa shape index (κ3) is 5.45. The van der Waals surface area contributed by atoms with Crippen molar-refractivity contribution < 1.29 is 14.6 Å². The van der Waals surface area contributed by atoms with E-state index in [0.29, 0.717) is 29.5 Å². The number of carbonyl (C=O) groups is 1. The number of carbonyl (C=O) groups excluding carboxylic acids is 1. The summed E-state index contributed by atoms with van der Waals surface area (Å²) in [7, 11) is 1.60. The van der Waals surface area contributed by atoms with Crippen LogP contribution in [0, 0.1) is 11.8 Å². The first-order valence-corrected chi connectivity index (χ1v) is 5.92. The van der Waals surface area contributed by atoms with Crippen LogP contribution in [0.15, 0.2) is 6.20 Å². The van der Waals surface area contributed by atoms with Crippen LogP contribution in [-0.2, 0) is 9.53 Å². The molecule has 1 amide bonds. The van der Waals surface area contributed by atoms with Crippen LogP contribution in [0.3, 0.4) is 0 Å². The Balaban J connectivity index is 2.40. The number of methoxy groups -OCH3 is 1. The highest BCUT2D eigenvalue weighted by molar-refractivity contribution is 7.16. The SMILES string of the molecule is COCCCC(=O)Nc1ncc(C#CCO)s1. The van der Waals surface area contributed by atoms with Gasteiger partial charge in [0.05, 0.1) is 11.1 Å². The molecular weight excluding hydrogens is 240 g/mol. The third-order valence-electron chi connectivity index (χ3n) is 1.79. The van der Waals surface area contributed by atoms with Crippen LogP contribution in [0.1, 0.15) is 17.7 Å². The normalized spacial score (nSPS) is 9.53. The number of amides is 1. The zero-order valence-electron chi connectivity index (χ0n) is 9.52. The number of ether oxygens (including phenoxy) is 1. The van der Waals surface area contributed by atoms with Gasteiger partial charge in [-0.15, -0.1) is 0 Å². The predicted octanol–water partition coefficient (Wildman–Crippen LogP) is 0.852. The fraction of sp³-hybridized carbons (Fsp3) is 0.455. The van der Waals surface area contributed by atoms with E-state index in [-0.39, 0.29) is 12.5 Å². The molecule has 0 bridgehead atoms. The number of anilines is 1. The summed E-state index contributed by atoms with van der Waals surface area (Å²) in [5, 5.41) is 11.7. The molecule has 6 heteroatoms. The van der Waals surface area contributed by atoms with E-state index in [1.807, 2.05) is 0 Å². The molecule has 0 aromatic carbocycles. The summed E-state index contributed by atoms with van der Waals surface area (Å²) in [5.74, 6) is 5.16. The molecule has 0 aliphatic heterocycles. The topological polar surface area (TPSA) is 71.5 Å². The van der Waals surface area contributed by atoms with E-state index >= 15 is 0 Å². The number of thiazole rings is 1. The first kappa shape index (κ1) is 13.6. The van der Waals surface area contributed by atoms with Crippen LogP contribution in [-0.4, -0.2) is 36.3 Å². The number of aliphatic hydroxyl groups is 1. The number of aromatic nitrogens is 1. The first-order chi connectivity index (χ1) is 8.26. The highest BCUT2D eigenvalue weighted by Gasteiger charge is 2.05. The molecule has 17 heavy (non-hydrogen) atoms. The van der Waals surface area contributed by atoms with Gasteiger partial charge in [-0.2, -0.15) is 0 Å². The van der Waals surface area contributed by atoms with Gasteiger partial charge in [-0.25, -0.2) is 4.98 Å². The summed E-state index contributed by atoms with van der Waals surface area (Å²) < 4.78 is 4.86. The van der Waals surface area contributed by atoms with Gasteiger partial charge < -0.3 is 15.2 Å². The number of rotatable bonds is 5. The molecule has 92 valence electrons. The molecule has 0 aliphatic carbocycles. The lowest BCUT2D eigenvalue weighted by Crippen LogP contribution is -2.11.